The Morgan fingerprint density at radius 1 is 1.71 bits per heavy atom. The van der Waals surface area contributed by atoms with E-state index >= 15 is 0 Å². The zero-order chi connectivity index (χ0) is 5.86. The van der Waals surface area contributed by atoms with E-state index in [2.05, 4.69) is 6.58 Å². The number of nitrogens with one attached hydrogen (secondary N) is 2. The summed E-state index contributed by atoms with van der Waals surface area (Å²) in [6.45, 7) is 5.01. The molecule has 2 nitrogen and oxygen atoms in total. The molecule has 0 rings (SSSR count). The van der Waals surface area contributed by atoms with Crippen molar-refractivity contribution in [2.45, 2.75) is 6.92 Å². The number of allylic oxidation sites excluding steroid dienone is 1. The molecule has 0 aromatic rings. The second kappa shape index (κ2) is 2.29. The van der Waals surface area contributed by atoms with Gasteiger partial charge in [0, 0.05) is 17.5 Å². The van der Waals surface area contributed by atoms with E-state index in [4.69, 9.17) is 10.8 Å². The van der Waals surface area contributed by atoms with E-state index in [1.165, 1.54) is 0 Å². The lowest BCUT2D eigenvalue weighted by Gasteiger charge is -1.87. The molecule has 2 heteroatoms. The molecule has 0 aromatic heterocycles. The third-order valence-corrected chi connectivity index (χ3v) is 0.656. The van der Waals surface area contributed by atoms with Crippen molar-refractivity contribution in [1.29, 1.82) is 10.8 Å². The minimum Gasteiger partial charge on any atom is -0.308 e. The fraction of sp³-hybridized carbons (Fsp3) is 0.200. The zero-order valence-corrected chi connectivity index (χ0v) is 4.28. The lowest BCUT2D eigenvalue weighted by atomic mass is 10.2. The van der Waals surface area contributed by atoms with Crippen LogP contribution in [0.25, 0.3) is 0 Å². The first-order chi connectivity index (χ1) is 3.18. The molecule has 0 atom stereocenters. The van der Waals surface area contributed by atoms with Crippen LogP contribution in [0.4, 0.5) is 0 Å². The largest absolute Gasteiger partial charge is 0.308 e. The van der Waals surface area contributed by atoms with E-state index in [0.717, 1.165) is 6.21 Å². The van der Waals surface area contributed by atoms with E-state index in [9.17, 15) is 0 Å². The summed E-state index contributed by atoms with van der Waals surface area (Å²) in [5, 5.41) is 13.4. The number of hydrogen-bond donors (Lipinski definition) is 2. The summed E-state index contributed by atoms with van der Waals surface area (Å²) in [7, 11) is 0. The number of hydrogen-bond acceptors (Lipinski definition) is 2. The molecule has 7 heavy (non-hydrogen) atoms. The third kappa shape index (κ3) is 1.87. The molecule has 2 N–H and O–H groups in total. The molecule has 0 spiro atoms. The standard InChI is InChI=1S/C5H8N2/c1-4(3-6)5(2)7/h3,6-7H,1H2,2H3. The fourth-order valence-electron chi connectivity index (χ4n) is 0.108. The first-order valence-electron chi connectivity index (χ1n) is 1.93. The molecule has 0 fully saturated rings. The van der Waals surface area contributed by atoms with Crippen LogP contribution in [0.1, 0.15) is 6.92 Å². The van der Waals surface area contributed by atoms with Crippen molar-refractivity contribution in [3.8, 4) is 0 Å². The van der Waals surface area contributed by atoms with Gasteiger partial charge in [0.25, 0.3) is 0 Å². The average molecular weight is 96.1 g/mol. The van der Waals surface area contributed by atoms with Gasteiger partial charge in [0.15, 0.2) is 0 Å². The van der Waals surface area contributed by atoms with Crippen molar-refractivity contribution in [1.82, 2.24) is 0 Å². The Bertz CT molecular complexity index is 113. The van der Waals surface area contributed by atoms with Gasteiger partial charge in [-0.15, -0.1) is 0 Å². The smallest absolute Gasteiger partial charge is 0.0364 e. The minimum atomic E-state index is 0.356. The van der Waals surface area contributed by atoms with Gasteiger partial charge in [-0.1, -0.05) is 6.58 Å². The summed E-state index contributed by atoms with van der Waals surface area (Å²) < 4.78 is 0. The molecule has 0 saturated heterocycles. The van der Waals surface area contributed by atoms with Gasteiger partial charge in [0.1, 0.15) is 0 Å². The maximum atomic E-state index is 6.85. The van der Waals surface area contributed by atoms with Crippen LogP contribution in [0, 0.1) is 10.8 Å². The van der Waals surface area contributed by atoms with Crippen molar-refractivity contribution < 1.29 is 0 Å². The lowest BCUT2D eigenvalue weighted by Crippen LogP contribution is -1.91. The highest BCUT2D eigenvalue weighted by atomic mass is 14.4. The van der Waals surface area contributed by atoms with Crippen molar-refractivity contribution >= 4 is 11.9 Å². The predicted molar refractivity (Wildman–Crippen MR) is 31.3 cm³/mol. The van der Waals surface area contributed by atoms with Crippen LogP contribution >= 0.6 is 0 Å². The zero-order valence-electron chi connectivity index (χ0n) is 4.28. The summed E-state index contributed by atoms with van der Waals surface area (Å²) in [4.78, 5) is 0. The average Bonchev–Trinajstić information content (AvgIpc) is 1.65. The van der Waals surface area contributed by atoms with Crippen LogP contribution in [-0.2, 0) is 0 Å². The van der Waals surface area contributed by atoms with Gasteiger partial charge in [-0.2, -0.15) is 0 Å². The van der Waals surface area contributed by atoms with E-state index < -0.39 is 0 Å². The molecule has 0 amide bonds. The highest BCUT2D eigenvalue weighted by Gasteiger charge is 1.85. The molecule has 0 aliphatic rings. The lowest BCUT2D eigenvalue weighted by molar-refractivity contribution is 1.47. The van der Waals surface area contributed by atoms with Gasteiger partial charge in [-0.05, 0) is 6.92 Å². The van der Waals surface area contributed by atoms with Gasteiger partial charge < -0.3 is 10.8 Å². The van der Waals surface area contributed by atoms with Crippen LogP contribution in [0.5, 0.6) is 0 Å². The molecule has 0 heterocycles. The highest BCUT2D eigenvalue weighted by molar-refractivity contribution is 6.12. The van der Waals surface area contributed by atoms with Crippen LogP contribution < -0.4 is 0 Å². The molecular weight excluding hydrogens is 88.1 g/mol. The molecular formula is C5H8N2. The van der Waals surface area contributed by atoms with Gasteiger partial charge in [-0.25, -0.2) is 0 Å². The molecule has 0 saturated carbocycles. The molecule has 0 radical (unpaired) electrons. The first kappa shape index (κ1) is 6.08. The summed E-state index contributed by atoms with van der Waals surface area (Å²) in [5.74, 6) is 0. The van der Waals surface area contributed by atoms with Crippen LogP contribution in [-0.4, -0.2) is 11.9 Å². The second-order valence-corrected chi connectivity index (χ2v) is 1.29. The first-order valence-corrected chi connectivity index (χ1v) is 1.93. The Morgan fingerprint density at radius 2 is 2.14 bits per heavy atom. The summed E-state index contributed by atoms with van der Waals surface area (Å²) in [6.07, 6.45) is 1.07. The molecule has 0 bridgehead atoms. The van der Waals surface area contributed by atoms with Crippen molar-refractivity contribution in [3.63, 3.8) is 0 Å². The maximum absolute atomic E-state index is 6.85. The minimum absolute atomic E-state index is 0.356. The molecule has 0 aromatic carbocycles. The summed E-state index contributed by atoms with van der Waals surface area (Å²) >= 11 is 0. The van der Waals surface area contributed by atoms with Crippen LogP contribution in [0.2, 0.25) is 0 Å². The molecule has 0 aliphatic carbocycles. The summed E-state index contributed by atoms with van der Waals surface area (Å²) in [6, 6.07) is 0. The quantitative estimate of drug-likeness (QED) is 0.486. The van der Waals surface area contributed by atoms with E-state index in [0.29, 0.717) is 11.3 Å². The third-order valence-electron chi connectivity index (χ3n) is 0.656. The van der Waals surface area contributed by atoms with Gasteiger partial charge >= 0.3 is 0 Å². The highest BCUT2D eigenvalue weighted by Crippen LogP contribution is 1.83. The predicted octanol–water partition coefficient (Wildman–Crippen LogP) is 1.23. The molecule has 0 unspecified atom stereocenters. The second-order valence-electron chi connectivity index (χ2n) is 1.29. The SMILES string of the molecule is C=C(C=N)C(C)=N. The van der Waals surface area contributed by atoms with E-state index in [1.807, 2.05) is 0 Å². The Hall–Kier alpha value is -0.920. The van der Waals surface area contributed by atoms with Crippen molar-refractivity contribution in [3.05, 3.63) is 12.2 Å². The summed E-state index contributed by atoms with van der Waals surface area (Å²) in [5.41, 5.74) is 0.829. The Labute approximate surface area is 42.9 Å². The van der Waals surface area contributed by atoms with Crippen LogP contribution in [0.15, 0.2) is 12.2 Å². The maximum Gasteiger partial charge on any atom is 0.0364 e. The van der Waals surface area contributed by atoms with Gasteiger partial charge in [-0.3, -0.25) is 0 Å². The Balaban J connectivity index is 3.81. The number of rotatable bonds is 2. The van der Waals surface area contributed by atoms with E-state index in [-0.39, 0.29) is 0 Å². The Kier molecular flexibility index (Phi) is 1.99. The normalized spacial score (nSPS) is 7.57. The molecule has 0 aliphatic heterocycles. The van der Waals surface area contributed by atoms with Gasteiger partial charge in [0.2, 0.25) is 0 Å². The van der Waals surface area contributed by atoms with Crippen molar-refractivity contribution in [2.75, 3.05) is 0 Å². The van der Waals surface area contributed by atoms with Crippen molar-refractivity contribution in [2.24, 2.45) is 0 Å². The van der Waals surface area contributed by atoms with E-state index in [1.54, 1.807) is 6.92 Å². The Morgan fingerprint density at radius 3 is 2.14 bits per heavy atom. The fourth-order valence-corrected chi connectivity index (χ4v) is 0.108. The topological polar surface area (TPSA) is 47.7 Å². The molecule has 38 valence electrons. The van der Waals surface area contributed by atoms with Crippen LogP contribution in [0.3, 0.4) is 0 Å². The monoisotopic (exact) mass is 96.1 g/mol. The van der Waals surface area contributed by atoms with Gasteiger partial charge in [0.05, 0.1) is 0 Å².